The Labute approximate surface area is 187 Å². The highest BCUT2D eigenvalue weighted by atomic mass is 35.7. The first-order valence-corrected chi connectivity index (χ1v) is 11.3. The molecule has 0 radical (unpaired) electrons. The van der Waals surface area contributed by atoms with E-state index in [0.29, 0.717) is 0 Å². The monoisotopic (exact) mass is 452 g/mol. The molecule has 164 valence electrons. The molecule has 0 spiro atoms. The van der Waals surface area contributed by atoms with Crippen LogP contribution < -0.4 is 23.4 Å². The number of halogens is 1. The molecule has 0 saturated heterocycles. The van der Waals surface area contributed by atoms with Crippen LogP contribution in [0.4, 0.5) is 0 Å². The van der Waals surface area contributed by atoms with E-state index in [1.165, 1.54) is 33.2 Å². The number of benzene rings is 3. The highest BCUT2D eigenvalue weighted by Gasteiger charge is 2.31. The van der Waals surface area contributed by atoms with Gasteiger partial charge in [-0.1, -0.05) is 42.5 Å². The van der Waals surface area contributed by atoms with Gasteiger partial charge in [0.25, 0.3) is 0 Å². The Morgan fingerprint density at radius 1 is 0.875 bits per heavy atom. The molecule has 7 heteroatoms. The van der Waals surface area contributed by atoms with Crippen LogP contribution in [-0.4, -0.2) is 7.11 Å². The third-order valence-electron chi connectivity index (χ3n) is 5.49. The second kappa shape index (κ2) is 9.24. The number of hydrogen-bond donors (Lipinski definition) is 0. The lowest BCUT2D eigenvalue weighted by Crippen LogP contribution is -2.68. The van der Waals surface area contributed by atoms with Crippen LogP contribution in [0.15, 0.2) is 77.2 Å². The first-order valence-electron chi connectivity index (χ1n) is 10.0. The summed E-state index contributed by atoms with van der Waals surface area (Å²) in [5.74, 6) is 1.92. The molecule has 0 aliphatic heterocycles. The maximum Gasteiger partial charge on any atom is 0.364 e. The van der Waals surface area contributed by atoms with Gasteiger partial charge in [-0.05, 0) is 60.2 Å². The number of fused-ring (bicyclic) bond motifs is 4. The molecule has 1 aliphatic carbocycles. The van der Waals surface area contributed by atoms with Crippen LogP contribution in [0.5, 0.6) is 5.75 Å². The average molecular weight is 453 g/mol. The number of rotatable bonds is 3. The molecule has 0 bridgehead atoms. The van der Waals surface area contributed by atoms with Crippen molar-refractivity contribution >= 4 is 11.0 Å². The van der Waals surface area contributed by atoms with Crippen molar-refractivity contribution in [2.24, 2.45) is 0 Å². The van der Waals surface area contributed by atoms with Gasteiger partial charge in [0.1, 0.15) is 5.75 Å². The Kier molecular flexibility index (Phi) is 6.41. The van der Waals surface area contributed by atoms with Gasteiger partial charge in [0.2, 0.25) is 0 Å². The Hall–Kier alpha value is -3.00. The van der Waals surface area contributed by atoms with Gasteiger partial charge < -0.3 is 4.74 Å². The Morgan fingerprint density at radius 2 is 1.56 bits per heavy atom. The van der Waals surface area contributed by atoms with Crippen molar-refractivity contribution in [1.29, 1.82) is 0 Å². The van der Waals surface area contributed by atoms with Crippen molar-refractivity contribution in [2.75, 3.05) is 7.11 Å². The summed E-state index contributed by atoms with van der Waals surface area (Å²) in [6.45, 7) is 0. The SMILES string of the molecule is COc1ccc2c(c1)CCc1c-2[o+]c2ccccc2c1Cc1ccccc1.[O-][Cl+3]([O-])([O-])[O-]. The van der Waals surface area contributed by atoms with Gasteiger partial charge in [0, 0.05) is 6.07 Å². The predicted molar refractivity (Wildman–Crippen MR) is 109 cm³/mol. The quantitative estimate of drug-likeness (QED) is 0.433. The van der Waals surface area contributed by atoms with Crippen LogP contribution in [0, 0.1) is 10.2 Å². The number of methoxy groups -OCH3 is 1. The maximum atomic E-state index is 8.49. The van der Waals surface area contributed by atoms with E-state index >= 15 is 0 Å². The molecule has 0 N–H and O–H groups in total. The molecule has 6 nitrogen and oxygen atoms in total. The minimum Gasteiger partial charge on any atom is -0.497 e. The van der Waals surface area contributed by atoms with Gasteiger partial charge in [-0.3, -0.25) is 0 Å². The highest BCUT2D eigenvalue weighted by Crippen LogP contribution is 2.40. The van der Waals surface area contributed by atoms with E-state index < -0.39 is 10.2 Å². The standard InChI is InChI=1S/C25H21O2.ClHO4/c1-26-19-12-14-20-18(16-19)11-13-22-23(15-17-7-3-2-4-8-17)21-9-5-6-10-24(21)27-25(20)22;2-1(3,4)5/h2-10,12,14,16H,11,13,15H2,1H3;(H,2,3,4,5)/q+1;/p-1. The summed E-state index contributed by atoms with van der Waals surface area (Å²) in [5, 5.41) is 1.22. The molecule has 1 heterocycles. The lowest BCUT2D eigenvalue weighted by molar-refractivity contribution is -2.00. The molecular formula is C25H21ClO6. The van der Waals surface area contributed by atoms with Crippen molar-refractivity contribution in [1.82, 2.24) is 0 Å². The van der Waals surface area contributed by atoms with Crippen LogP contribution in [0.25, 0.3) is 22.3 Å². The molecule has 1 aromatic heterocycles. The summed E-state index contributed by atoms with van der Waals surface area (Å²) in [6, 6.07) is 25.4. The topological polar surface area (TPSA) is 113 Å². The number of hydrogen-bond acceptors (Lipinski definition) is 5. The summed E-state index contributed by atoms with van der Waals surface area (Å²) < 4.78 is 45.8. The van der Waals surface area contributed by atoms with E-state index in [9.17, 15) is 0 Å². The van der Waals surface area contributed by atoms with Crippen molar-refractivity contribution in [3.63, 3.8) is 0 Å². The molecule has 5 rings (SSSR count). The molecule has 0 unspecified atom stereocenters. The van der Waals surface area contributed by atoms with E-state index in [-0.39, 0.29) is 0 Å². The van der Waals surface area contributed by atoms with E-state index in [1.54, 1.807) is 7.11 Å². The van der Waals surface area contributed by atoms with Crippen molar-refractivity contribution in [3.05, 3.63) is 95.1 Å². The van der Waals surface area contributed by atoms with E-state index in [2.05, 4.69) is 60.7 Å². The van der Waals surface area contributed by atoms with Gasteiger partial charge in [-0.25, -0.2) is 23.1 Å². The first-order chi connectivity index (χ1) is 15.3. The van der Waals surface area contributed by atoms with Crippen LogP contribution in [0.1, 0.15) is 22.3 Å². The lowest BCUT2D eigenvalue weighted by Gasteiger charge is -2.17. The fourth-order valence-electron chi connectivity index (χ4n) is 4.15. The summed E-state index contributed by atoms with van der Waals surface area (Å²) in [5.41, 5.74) is 7.50. The molecule has 0 atom stereocenters. The van der Waals surface area contributed by atoms with Crippen molar-refractivity contribution in [3.8, 4) is 17.1 Å². The fourth-order valence-corrected chi connectivity index (χ4v) is 4.15. The van der Waals surface area contributed by atoms with Crippen molar-refractivity contribution < 1.29 is 38.0 Å². The molecule has 1 aliphatic rings. The molecule has 0 saturated carbocycles. The first kappa shape index (κ1) is 22.2. The summed E-state index contributed by atoms with van der Waals surface area (Å²) in [7, 11) is -3.23. The third-order valence-corrected chi connectivity index (χ3v) is 5.49. The van der Waals surface area contributed by atoms with Crippen molar-refractivity contribution in [2.45, 2.75) is 19.3 Å². The summed E-state index contributed by atoms with van der Waals surface area (Å²) in [6.07, 6.45) is 2.92. The maximum absolute atomic E-state index is 8.49. The van der Waals surface area contributed by atoms with E-state index in [4.69, 9.17) is 27.8 Å². The third kappa shape index (κ3) is 5.07. The predicted octanol–water partition coefficient (Wildman–Crippen LogP) is 1.32. The number of ether oxygens (including phenoxy) is 1. The number of aryl methyl sites for hydroxylation is 1. The Balaban J connectivity index is 0.000000444. The minimum absolute atomic E-state index is 0.905. The van der Waals surface area contributed by atoms with E-state index in [1.807, 2.05) is 12.1 Å². The zero-order valence-corrected chi connectivity index (χ0v) is 18.1. The van der Waals surface area contributed by atoms with Crippen LogP contribution >= 0.6 is 0 Å². The smallest absolute Gasteiger partial charge is 0.364 e. The molecule has 3 aromatic carbocycles. The summed E-state index contributed by atoms with van der Waals surface area (Å²) >= 11 is 0. The normalized spacial score (nSPS) is 12.4. The highest BCUT2D eigenvalue weighted by molar-refractivity contribution is 5.86. The Bertz CT molecular complexity index is 1230. The minimum atomic E-state index is -4.94. The zero-order chi connectivity index (χ0) is 22.7. The van der Waals surface area contributed by atoms with Crippen LogP contribution in [-0.2, 0) is 19.3 Å². The van der Waals surface area contributed by atoms with Crippen LogP contribution in [0.3, 0.4) is 0 Å². The second-order valence-electron chi connectivity index (χ2n) is 7.45. The van der Waals surface area contributed by atoms with E-state index in [0.717, 1.165) is 36.4 Å². The molecule has 4 aromatic rings. The lowest BCUT2D eigenvalue weighted by atomic mass is 9.84. The van der Waals surface area contributed by atoms with Gasteiger partial charge in [-0.2, -0.15) is 0 Å². The Morgan fingerprint density at radius 3 is 2.28 bits per heavy atom. The van der Waals surface area contributed by atoms with Gasteiger partial charge >= 0.3 is 11.3 Å². The van der Waals surface area contributed by atoms with Gasteiger partial charge in [-0.15, -0.1) is 10.2 Å². The average Bonchev–Trinajstić information content (AvgIpc) is 2.78. The second-order valence-corrected chi connectivity index (χ2v) is 8.20. The molecule has 0 fully saturated rings. The van der Waals surface area contributed by atoms with Gasteiger partial charge in [0.05, 0.1) is 23.6 Å². The molecular weight excluding hydrogens is 432 g/mol. The zero-order valence-electron chi connectivity index (χ0n) is 17.4. The van der Waals surface area contributed by atoms with Crippen LogP contribution in [0.2, 0.25) is 0 Å². The fraction of sp³-hybridized carbons (Fsp3) is 0.160. The summed E-state index contributed by atoms with van der Waals surface area (Å²) in [4.78, 5) is 0. The largest absolute Gasteiger partial charge is 0.497 e. The molecule has 0 amide bonds. The molecule has 32 heavy (non-hydrogen) atoms. The number of para-hydroxylation sites is 1. The van der Waals surface area contributed by atoms with Gasteiger partial charge in [0.15, 0.2) is 0 Å².